The number of anilines is 1. The molecule has 0 aliphatic carbocycles. The quantitative estimate of drug-likeness (QED) is 0.580. The molecule has 146 valence electrons. The van der Waals surface area contributed by atoms with Crippen LogP contribution >= 0.6 is 0 Å². The normalized spacial score (nSPS) is 15.4. The van der Waals surface area contributed by atoms with E-state index in [1.54, 1.807) is 21.5 Å². The number of ether oxygens (including phenoxy) is 2. The lowest BCUT2D eigenvalue weighted by Crippen LogP contribution is -2.33. The summed E-state index contributed by atoms with van der Waals surface area (Å²) in [5, 5.41) is 7.22. The zero-order valence-corrected chi connectivity index (χ0v) is 15.8. The minimum absolute atomic E-state index is 0.158. The predicted octanol–water partition coefficient (Wildman–Crippen LogP) is 2.93. The summed E-state index contributed by atoms with van der Waals surface area (Å²) in [5.41, 5.74) is 2.53. The molecule has 0 fully saturated rings. The minimum atomic E-state index is -0.230. The van der Waals surface area contributed by atoms with Crippen molar-refractivity contribution < 1.29 is 14.3 Å². The number of imidazole rings is 1. The summed E-state index contributed by atoms with van der Waals surface area (Å²) in [7, 11) is 0. The number of para-hydroxylation sites is 2. The highest BCUT2D eigenvalue weighted by atomic mass is 16.6. The summed E-state index contributed by atoms with van der Waals surface area (Å²) in [6.07, 6.45) is 5.06. The van der Waals surface area contributed by atoms with Gasteiger partial charge in [0.1, 0.15) is 17.9 Å². The van der Waals surface area contributed by atoms with Crippen LogP contribution < -0.4 is 14.8 Å². The molecular weight excluding hydrogens is 370 g/mol. The highest BCUT2D eigenvalue weighted by molar-refractivity contribution is 6.04. The van der Waals surface area contributed by atoms with E-state index in [0.29, 0.717) is 30.2 Å². The van der Waals surface area contributed by atoms with Gasteiger partial charge in [-0.1, -0.05) is 18.2 Å². The Morgan fingerprint density at radius 3 is 2.93 bits per heavy atom. The van der Waals surface area contributed by atoms with Gasteiger partial charge >= 0.3 is 0 Å². The average molecular weight is 389 g/mol. The summed E-state index contributed by atoms with van der Waals surface area (Å²) < 4.78 is 15.2. The van der Waals surface area contributed by atoms with Crippen LogP contribution in [0.4, 0.5) is 5.69 Å². The highest BCUT2D eigenvalue weighted by Crippen LogP contribution is 2.31. The number of nitrogens with zero attached hydrogens (tertiary/aromatic N) is 4. The number of hydrogen-bond acceptors (Lipinski definition) is 5. The highest BCUT2D eigenvalue weighted by Gasteiger charge is 2.22. The fourth-order valence-corrected chi connectivity index (χ4v) is 3.47. The first-order valence-electron chi connectivity index (χ1n) is 9.33. The Hall–Kier alpha value is -3.81. The monoisotopic (exact) mass is 389 g/mol. The van der Waals surface area contributed by atoms with E-state index < -0.39 is 0 Å². The largest absolute Gasteiger partial charge is 0.486 e. The number of fused-ring (bicyclic) bond motifs is 2. The topological polar surface area (TPSA) is 82.7 Å². The van der Waals surface area contributed by atoms with E-state index in [1.807, 2.05) is 55.6 Å². The fraction of sp³-hybridized carbons (Fsp3) is 0.190. The van der Waals surface area contributed by atoms with E-state index in [9.17, 15) is 4.79 Å². The fourth-order valence-electron chi connectivity index (χ4n) is 3.47. The van der Waals surface area contributed by atoms with Gasteiger partial charge in [0.15, 0.2) is 17.6 Å². The lowest BCUT2D eigenvalue weighted by molar-refractivity contribution is 0.0759. The van der Waals surface area contributed by atoms with E-state index in [2.05, 4.69) is 15.4 Å². The predicted molar refractivity (Wildman–Crippen MR) is 106 cm³/mol. The number of pyridine rings is 1. The molecule has 5 rings (SSSR count). The molecule has 0 saturated carbocycles. The SMILES string of the molecule is Cc1nc2ccccn2c1C(=O)Nc1cnn(C[C@H]2COc3ccccc3O2)c1. The Kier molecular flexibility index (Phi) is 4.16. The van der Waals surface area contributed by atoms with E-state index in [1.165, 1.54) is 0 Å². The number of hydrogen-bond donors (Lipinski definition) is 1. The zero-order valence-electron chi connectivity index (χ0n) is 15.8. The maximum atomic E-state index is 12.8. The summed E-state index contributed by atoms with van der Waals surface area (Å²) >= 11 is 0. The van der Waals surface area contributed by atoms with Crippen molar-refractivity contribution in [2.45, 2.75) is 19.6 Å². The third kappa shape index (κ3) is 3.29. The third-order valence-corrected chi connectivity index (χ3v) is 4.77. The van der Waals surface area contributed by atoms with E-state index >= 15 is 0 Å². The van der Waals surface area contributed by atoms with E-state index in [4.69, 9.17) is 9.47 Å². The molecule has 4 heterocycles. The van der Waals surface area contributed by atoms with Gasteiger partial charge in [0.05, 0.1) is 24.1 Å². The Morgan fingerprint density at radius 2 is 2.03 bits per heavy atom. The number of carbonyl (C=O) groups is 1. The molecule has 0 radical (unpaired) electrons. The van der Waals surface area contributed by atoms with Gasteiger partial charge in [-0.15, -0.1) is 0 Å². The summed E-state index contributed by atoms with van der Waals surface area (Å²) in [5.74, 6) is 1.25. The molecule has 0 unspecified atom stereocenters. The van der Waals surface area contributed by atoms with Gasteiger partial charge in [0.2, 0.25) is 0 Å². The molecule has 1 atom stereocenters. The molecule has 3 aromatic heterocycles. The first-order chi connectivity index (χ1) is 14.2. The molecule has 0 bridgehead atoms. The zero-order chi connectivity index (χ0) is 19.8. The summed E-state index contributed by atoms with van der Waals surface area (Å²) in [4.78, 5) is 17.2. The average Bonchev–Trinajstić information content (AvgIpc) is 3.30. The van der Waals surface area contributed by atoms with E-state index in [0.717, 1.165) is 17.1 Å². The van der Waals surface area contributed by atoms with Gasteiger partial charge in [-0.2, -0.15) is 5.10 Å². The molecule has 29 heavy (non-hydrogen) atoms. The molecule has 4 aromatic rings. The Morgan fingerprint density at radius 1 is 1.21 bits per heavy atom. The summed E-state index contributed by atoms with van der Waals surface area (Å²) in [6, 6.07) is 13.2. The van der Waals surface area contributed by atoms with Crippen LogP contribution in [-0.2, 0) is 6.54 Å². The maximum absolute atomic E-state index is 12.8. The lowest BCUT2D eigenvalue weighted by Gasteiger charge is -2.26. The van der Waals surface area contributed by atoms with Gasteiger partial charge < -0.3 is 14.8 Å². The maximum Gasteiger partial charge on any atom is 0.274 e. The molecule has 0 saturated heterocycles. The smallest absolute Gasteiger partial charge is 0.274 e. The first kappa shape index (κ1) is 17.3. The second-order valence-electron chi connectivity index (χ2n) is 6.88. The first-order valence-corrected chi connectivity index (χ1v) is 9.33. The number of rotatable bonds is 4. The number of carbonyl (C=O) groups excluding carboxylic acids is 1. The molecular formula is C21H19N5O3. The third-order valence-electron chi connectivity index (χ3n) is 4.77. The second kappa shape index (κ2) is 6.97. The van der Waals surface area contributed by atoms with Crippen molar-refractivity contribution in [3.05, 3.63) is 72.4 Å². The lowest BCUT2D eigenvalue weighted by atomic mass is 10.2. The van der Waals surface area contributed by atoms with Crippen LogP contribution in [0.1, 0.15) is 16.2 Å². The molecule has 1 N–H and O–H groups in total. The van der Waals surface area contributed by atoms with Crippen LogP contribution in [0, 0.1) is 6.92 Å². The number of nitrogens with one attached hydrogen (secondary N) is 1. The molecule has 1 aromatic carbocycles. The van der Waals surface area contributed by atoms with Crippen LogP contribution in [0.3, 0.4) is 0 Å². The van der Waals surface area contributed by atoms with Gasteiger partial charge in [0, 0.05) is 12.4 Å². The standard InChI is InChI=1S/C21H19N5O3/c1-14-20(26-9-5-4-8-19(26)23-14)21(27)24-15-10-22-25(11-15)12-16-13-28-17-6-2-3-7-18(17)29-16/h2-11,16H,12-13H2,1H3,(H,24,27)/t16-/m0/s1. The van der Waals surface area contributed by atoms with Crippen LogP contribution in [0.25, 0.3) is 5.65 Å². The van der Waals surface area contributed by atoms with Crippen molar-refractivity contribution in [1.82, 2.24) is 19.2 Å². The van der Waals surface area contributed by atoms with Crippen LogP contribution in [-0.4, -0.2) is 37.8 Å². The van der Waals surface area contributed by atoms with Crippen LogP contribution in [0.15, 0.2) is 61.1 Å². The summed E-state index contributed by atoms with van der Waals surface area (Å²) in [6.45, 7) is 2.78. The molecule has 8 heteroatoms. The number of amides is 1. The van der Waals surface area contributed by atoms with Crippen molar-refractivity contribution in [2.75, 3.05) is 11.9 Å². The number of aromatic nitrogens is 4. The second-order valence-corrected chi connectivity index (χ2v) is 6.88. The van der Waals surface area contributed by atoms with Gasteiger partial charge in [-0.25, -0.2) is 4.98 Å². The van der Waals surface area contributed by atoms with Crippen molar-refractivity contribution in [3.8, 4) is 11.5 Å². The molecule has 1 amide bonds. The van der Waals surface area contributed by atoms with Gasteiger partial charge in [-0.3, -0.25) is 13.9 Å². The minimum Gasteiger partial charge on any atom is -0.486 e. The Balaban J connectivity index is 1.28. The van der Waals surface area contributed by atoms with Crippen molar-refractivity contribution in [3.63, 3.8) is 0 Å². The van der Waals surface area contributed by atoms with Gasteiger partial charge in [0.25, 0.3) is 5.91 Å². The molecule has 0 spiro atoms. The van der Waals surface area contributed by atoms with Crippen LogP contribution in [0.5, 0.6) is 11.5 Å². The molecule has 8 nitrogen and oxygen atoms in total. The number of aryl methyl sites for hydroxylation is 1. The molecule has 1 aliphatic rings. The Labute approximate surface area is 166 Å². The number of benzene rings is 1. The Bertz CT molecular complexity index is 1200. The van der Waals surface area contributed by atoms with Crippen molar-refractivity contribution in [2.24, 2.45) is 0 Å². The van der Waals surface area contributed by atoms with Gasteiger partial charge in [-0.05, 0) is 31.2 Å². The van der Waals surface area contributed by atoms with Crippen molar-refractivity contribution >= 4 is 17.2 Å². The molecule has 1 aliphatic heterocycles. The van der Waals surface area contributed by atoms with Crippen molar-refractivity contribution in [1.29, 1.82) is 0 Å². The van der Waals surface area contributed by atoms with Crippen LogP contribution in [0.2, 0.25) is 0 Å². The van der Waals surface area contributed by atoms with E-state index in [-0.39, 0.29) is 12.0 Å².